The molecule has 1 aliphatic carbocycles. The highest BCUT2D eigenvalue weighted by Gasteiger charge is 2.25. The van der Waals surface area contributed by atoms with Gasteiger partial charge in [-0.3, -0.25) is 9.52 Å². The number of carbonyl (C=O) groups is 1. The van der Waals surface area contributed by atoms with Crippen molar-refractivity contribution in [3.05, 3.63) is 89.2 Å². The molecule has 3 aromatic carbocycles. The van der Waals surface area contributed by atoms with Gasteiger partial charge in [0.2, 0.25) is 0 Å². The predicted octanol–water partition coefficient (Wildman–Crippen LogP) is 4.44. The fourth-order valence-corrected chi connectivity index (χ4v) is 5.10. The molecule has 0 heterocycles. The molecule has 0 aromatic heterocycles. The summed E-state index contributed by atoms with van der Waals surface area (Å²) in [5.74, 6) is -1.12. The third kappa shape index (κ3) is 4.45. The van der Waals surface area contributed by atoms with Gasteiger partial charge in [-0.15, -0.1) is 0 Å². The van der Waals surface area contributed by atoms with Crippen molar-refractivity contribution in [2.45, 2.75) is 30.2 Å². The molecule has 0 fully saturated rings. The molecular formula is C24H23FN2O4S. The van der Waals surface area contributed by atoms with E-state index in [1.165, 1.54) is 24.8 Å². The Hall–Kier alpha value is -3.39. The van der Waals surface area contributed by atoms with Crippen molar-refractivity contribution >= 4 is 21.6 Å². The zero-order valence-electron chi connectivity index (χ0n) is 17.5. The molecule has 8 heteroatoms. The first-order chi connectivity index (χ1) is 15.4. The van der Waals surface area contributed by atoms with Gasteiger partial charge in [-0.2, -0.15) is 0 Å². The molecule has 0 unspecified atom stereocenters. The van der Waals surface area contributed by atoms with Gasteiger partial charge in [0.1, 0.15) is 16.5 Å². The lowest BCUT2D eigenvalue weighted by Crippen LogP contribution is -2.31. The third-order valence-corrected chi connectivity index (χ3v) is 6.89. The zero-order valence-corrected chi connectivity index (χ0v) is 18.3. The third-order valence-electron chi connectivity index (χ3n) is 5.51. The van der Waals surface area contributed by atoms with Crippen molar-refractivity contribution in [3.8, 4) is 5.75 Å². The van der Waals surface area contributed by atoms with Crippen molar-refractivity contribution in [2.24, 2.45) is 0 Å². The molecule has 0 bridgehead atoms. The van der Waals surface area contributed by atoms with E-state index in [2.05, 4.69) is 10.0 Å². The fraction of sp³-hybridized carbons (Fsp3) is 0.208. The highest BCUT2D eigenvalue weighted by Crippen LogP contribution is 2.30. The van der Waals surface area contributed by atoms with Crippen LogP contribution in [-0.2, 0) is 16.4 Å². The van der Waals surface area contributed by atoms with E-state index in [0.717, 1.165) is 37.0 Å². The van der Waals surface area contributed by atoms with Crippen LogP contribution in [0.3, 0.4) is 0 Å². The van der Waals surface area contributed by atoms with Crippen LogP contribution in [0.25, 0.3) is 0 Å². The monoisotopic (exact) mass is 454 g/mol. The van der Waals surface area contributed by atoms with Gasteiger partial charge < -0.3 is 10.1 Å². The molecule has 0 aliphatic heterocycles. The molecule has 0 spiro atoms. The van der Waals surface area contributed by atoms with E-state index in [0.29, 0.717) is 5.75 Å². The summed E-state index contributed by atoms with van der Waals surface area (Å²) in [5.41, 5.74) is 2.48. The SMILES string of the molecule is COc1ccccc1NS(=O)(=O)c1cc(C(=O)N[C@@H]2CCCc3ccccc32)ccc1F. The maximum atomic E-state index is 14.5. The first kappa shape index (κ1) is 21.8. The number of ether oxygens (including phenoxy) is 1. The van der Waals surface area contributed by atoms with E-state index < -0.39 is 26.6 Å². The Morgan fingerprint density at radius 1 is 1.06 bits per heavy atom. The second-order valence-electron chi connectivity index (χ2n) is 7.57. The molecule has 4 rings (SSSR count). The van der Waals surface area contributed by atoms with Crippen molar-refractivity contribution in [1.82, 2.24) is 5.32 Å². The van der Waals surface area contributed by atoms with Crippen LogP contribution in [0.4, 0.5) is 10.1 Å². The van der Waals surface area contributed by atoms with Gasteiger partial charge in [0, 0.05) is 5.56 Å². The minimum Gasteiger partial charge on any atom is -0.495 e. The number of hydrogen-bond acceptors (Lipinski definition) is 4. The number of benzene rings is 3. The first-order valence-electron chi connectivity index (χ1n) is 10.2. The summed E-state index contributed by atoms with van der Waals surface area (Å²) in [6, 6.07) is 17.5. The lowest BCUT2D eigenvalue weighted by atomic mass is 9.87. The van der Waals surface area contributed by atoms with Crippen LogP contribution < -0.4 is 14.8 Å². The molecule has 1 amide bonds. The number of carbonyl (C=O) groups excluding carboxylic acids is 1. The van der Waals surface area contributed by atoms with E-state index in [1.807, 2.05) is 24.3 Å². The van der Waals surface area contributed by atoms with E-state index >= 15 is 0 Å². The van der Waals surface area contributed by atoms with Gasteiger partial charge >= 0.3 is 0 Å². The number of sulfonamides is 1. The number of rotatable bonds is 6. The van der Waals surface area contributed by atoms with Crippen LogP contribution >= 0.6 is 0 Å². The van der Waals surface area contributed by atoms with Crippen molar-refractivity contribution < 1.29 is 22.3 Å². The number of aryl methyl sites for hydroxylation is 1. The summed E-state index contributed by atoms with van der Waals surface area (Å²) in [4.78, 5) is 12.3. The van der Waals surface area contributed by atoms with Gasteiger partial charge in [-0.1, -0.05) is 36.4 Å². The van der Waals surface area contributed by atoms with Gasteiger partial charge in [-0.25, -0.2) is 12.8 Å². The van der Waals surface area contributed by atoms with E-state index in [9.17, 15) is 17.6 Å². The average Bonchev–Trinajstić information content (AvgIpc) is 2.79. The van der Waals surface area contributed by atoms with Gasteiger partial charge in [0.25, 0.3) is 15.9 Å². The van der Waals surface area contributed by atoms with Crippen LogP contribution in [0, 0.1) is 5.82 Å². The van der Waals surface area contributed by atoms with Crippen molar-refractivity contribution in [2.75, 3.05) is 11.8 Å². The van der Waals surface area contributed by atoms with Gasteiger partial charge in [0.05, 0.1) is 18.8 Å². The van der Waals surface area contributed by atoms with Crippen LogP contribution in [0.2, 0.25) is 0 Å². The summed E-state index contributed by atoms with van der Waals surface area (Å²) in [5, 5.41) is 2.96. The lowest BCUT2D eigenvalue weighted by molar-refractivity contribution is 0.0932. The number of para-hydroxylation sites is 2. The van der Waals surface area contributed by atoms with Crippen molar-refractivity contribution in [1.29, 1.82) is 0 Å². The number of hydrogen-bond donors (Lipinski definition) is 2. The topological polar surface area (TPSA) is 84.5 Å². The molecule has 0 saturated heterocycles. The Morgan fingerprint density at radius 2 is 1.81 bits per heavy atom. The molecule has 166 valence electrons. The van der Waals surface area contributed by atoms with Gasteiger partial charge in [-0.05, 0) is 60.7 Å². The zero-order chi connectivity index (χ0) is 22.7. The second kappa shape index (κ2) is 9.00. The molecule has 1 aliphatic rings. The standard InChI is InChI=1S/C24H23FN2O4S/c1-31-22-12-5-4-10-21(22)27-32(29,30)23-15-17(13-14-19(23)25)24(28)26-20-11-6-8-16-7-2-3-9-18(16)20/h2-5,7,9-10,12-15,20,27H,6,8,11H2,1H3,(H,26,28)/t20-/m1/s1. The van der Waals surface area contributed by atoms with Crippen molar-refractivity contribution in [3.63, 3.8) is 0 Å². The Kier molecular flexibility index (Phi) is 6.14. The molecule has 3 aromatic rings. The summed E-state index contributed by atoms with van der Waals surface area (Å²) < 4.78 is 47.7. The molecule has 0 saturated carbocycles. The predicted molar refractivity (Wildman–Crippen MR) is 120 cm³/mol. The lowest BCUT2D eigenvalue weighted by Gasteiger charge is -2.26. The smallest absolute Gasteiger partial charge is 0.264 e. The normalized spacial score (nSPS) is 15.5. The van der Waals surface area contributed by atoms with E-state index in [-0.39, 0.29) is 17.3 Å². The highest BCUT2D eigenvalue weighted by molar-refractivity contribution is 7.92. The minimum atomic E-state index is -4.30. The summed E-state index contributed by atoms with van der Waals surface area (Å²) in [6.07, 6.45) is 2.67. The first-order valence-corrected chi connectivity index (χ1v) is 11.7. The molecule has 1 atom stereocenters. The number of anilines is 1. The number of nitrogens with one attached hydrogen (secondary N) is 2. The van der Waals surface area contributed by atoms with Crippen LogP contribution in [-0.4, -0.2) is 21.4 Å². The van der Waals surface area contributed by atoms with Crippen LogP contribution in [0.1, 0.15) is 40.4 Å². The summed E-state index contributed by atoms with van der Waals surface area (Å²) >= 11 is 0. The molecule has 0 radical (unpaired) electrons. The Morgan fingerprint density at radius 3 is 2.62 bits per heavy atom. The largest absolute Gasteiger partial charge is 0.495 e. The number of fused-ring (bicyclic) bond motifs is 1. The Balaban J connectivity index is 1.59. The Labute approximate surface area is 186 Å². The van der Waals surface area contributed by atoms with Gasteiger partial charge in [0.15, 0.2) is 0 Å². The summed E-state index contributed by atoms with van der Waals surface area (Å²) in [6.45, 7) is 0. The number of halogens is 1. The Bertz CT molecular complexity index is 1260. The molecule has 2 N–H and O–H groups in total. The molecule has 6 nitrogen and oxygen atoms in total. The molecular weight excluding hydrogens is 431 g/mol. The van der Waals surface area contributed by atoms with E-state index in [4.69, 9.17) is 4.74 Å². The minimum absolute atomic E-state index is 0.0647. The maximum Gasteiger partial charge on any atom is 0.264 e. The summed E-state index contributed by atoms with van der Waals surface area (Å²) in [7, 11) is -2.89. The quantitative estimate of drug-likeness (QED) is 0.577. The second-order valence-corrected chi connectivity index (χ2v) is 9.22. The highest BCUT2D eigenvalue weighted by atomic mass is 32.2. The van der Waals surface area contributed by atoms with Crippen LogP contribution in [0.5, 0.6) is 5.75 Å². The molecule has 32 heavy (non-hydrogen) atoms. The average molecular weight is 455 g/mol. The fourth-order valence-electron chi connectivity index (χ4n) is 3.92. The maximum absolute atomic E-state index is 14.5. The number of methoxy groups -OCH3 is 1. The number of amides is 1. The van der Waals surface area contributed by atoms with Crippen LogP contribution in [0.15, 0.2) is 71.6 Å². The van der Waals surface area contributed by atoms with E-state index in [1.54, 1.807) is 18.2 Å².